The number of halogens is 4. The molecule has 0 spiro atoms. The first-order valence-electron chi connectivity index (χ1n) is 17.0. The predicted octanol–water partition coefficient (Wildman–Crippen LogP) is 7.98. The minimum absolute atomic E-state index is 0.0354. The van der Waals surface area contributed by atoms with E-state index in [9.17, 15) is 22.8 Å². The van der Waals surface area contributed by atoms with Crippen LogP contribution >= 0.6 is 23.5 Å². The number of anilines is 1. The number of ether oxygens (including phenoxy) is 3. The van der Waals surface area contributed by atoms with Crippen LogP contribution in [-0.2, 0) is 9.47 Å². The highest BCUT2D eigenvalue weighted by Gasteiger charge is 2.62. The van der Waals surface area contributed by atoms with Crippen LogP contribution in [0.15, 0.2) is 41.6 Å². The Morgan fingerprint density at radius 3 is 2.53 bits per heavy atom. The van der Waals surface area contributed by atoms with E-state index in [0.29, 0.717) is 35.8 Å². The third kappa shape index (κ3) is 9.99. The third-order valence-electron chi connectivity index (χ3n) is 9.18. The lowest BCUT2D eigenvalue weighted by Crippen LogP contribution is -2.45. The number of nitrogens with one attached hydrogen (secondary N) is 2. The molecular weight excluding hydrogens is 709 g/mol. The normalized spacial score (nSPS) is 20.8. The Balaban J connectivity index is 1.05. The van der Waals surface area contributed by atoms with Gasteiger partial charge in [0.2, 0.25) is 5.88 Å². The van der Waals surface area contributed by atoms with Gasteiger partial charge in [0.1, 0.15) is 27.8 Å². The smallest absolute Gasteiger partial charge is 0.410 e. The number of carbonyl (C=O) groups excluding carboxylic acids is 2. The molecule has 2 N–H and O–H groups in total. The summed E-state index contributed by atoms with van der Waals surface area (Å²) in [5, 5.41) is 2.01. The maximum Gasteiger partial charge on any atom is 0.410 e. The maximum absolute atomic E-state index is 13.2. The molecule has 0 bridgehead atoms. The zero-order chi connectivity index (χ0) is 37.2. The number of hydrogen-bond acceptors (Lipinski definition) is 10. The second-order valence-corrected chi connectivity index (χ2v) is 16.1. The number of rotatable bonds is 13. The SMILES string of the molecule is Cc1ccc(SNC(=O)c2ccc(N3C=CC(OCCC4(C(F)(F)F)CC4)N3)nc2Cl)nc1OCCCC1CN(C(=O)OC(C)(C)C)C(C)(C)C1. The van der Waals surface area contributed by atoms with Crippen LogP contribution in [0.3, 0.4) is 0 Å². The van der Waals surface area contributed by atoms with Gasteiger partial charge in [-0.25, -0.2) is 14.8 Å². The highest BCUT2D eigenvalue weighted by Crippen LogP contribution is 2.59. The summed E-state index contributed by atoms with van der Waals surface area (Å²) >= 11 is 7.39. The number of aryl methyl sites for hydroxylation is 1. The summed E-state index contributed by atoms with van der Waals surface area (Å²) in [4.78, 5) is 36.4. The van der Waals surface area contributed by atoms with E-state index < -0.39 is 29.3 Å². The second-order valence-electron chi connectivity index (χ2n) is 14.9. The first-order chi connectivity index (χ1) is 23.9. The summed E-state index contributed by atoms with van der Waals surface area (Å²) in [6.45, 7) is 12.7. The first kappa shape index (κ1) is 38.9. The van der Waals surface area contributed by atoms with Gasteiger partial charge in [-0.05, 0) is 110 Å². The van der Waals surface area contributed by atoms with Crippen molar-refractivity contribution in [1.29, 1.82) is 0 Å². The number of carbonyl (C=O) groups is 2. The predicted molar refractivity (Wildman–Crippen MR) is 188 cm³/mol. The van der Waals surface area contributed by atoms with Crippen molar-refractivity contribution in [2.45, 2.75) is 109 Å². The number of aromatic nitrogens is 2. The summed E-state index contributed by atoms with van der Waals surface area (Å²) in [6, 6.07) is 6.76. The number of pyridine rings is 2. The molecule has 5 rings (SSSR count). The molecule has 280 valence electrons. The molecule has 2 amide bonds. The largest absolute Gasteiger partial charge is 0.477 e. The van der Waals surface area contributed by atoms with Gasteiger partial charge < -0.3 is 19.1 Å². The molecule has 2 unspecified atom stereocenters. The van der Waals surface area contributed by atoms with Gasteiger partial charge in [-0.3, -0.25) is 14.5 Å². The molecule has 0 radical (unpaired) electrons. The van der Waals surface area contributed by atoms with Crippen LogP contribution in [0.1, 0.15) is 89.1 Å². The van der Waals surface area contributed by atoms with E-state index in [2.05, 4.69) is 34.0 Å². The topological polar surface area (TPSA) is 118 Å². The Bertz CT molecular complexity index is 1620. The number of amides is 2. The van der Waals surface area contributed by atoms with Crippen LogP contribution in [0.5, 0.6) is 5.88 Å². The summed E-state index contributed by atoms with van der Waals surface area (Å²) in [6.07, 6.45) is 0.928. The van der Waals surface area contributed by atoms with Crippen molar-refractivity contribution in [3.05, 3.63) is 52.8 Å². The monoisotopic (exact) mass is 754 g/mol. The Morgan fingerprint density at radius 1 is 1.12 bits per heavy atom. The second kappa shape index (κ2) is 15.4. The average molecular weight is 755 g/mol. The summed E-state index contributed by atoms with van der Waals surface area (Å²) in [7, 11) is 0. The summed E-state index contributed by atoms with van der Waals surface area (Å²) in [5.74, 6) is 0.713. The molecule has 1 saturated heterocycles. The number of hydrazine groups is 1. The minimum atomic E-state index is -4.21. The highest BCUT2D eigenvalue weighted by molar-refractivity contribution is 7.97. The van der Waals surface area contributed by atoms with Gasteiger partial charge >= 0.3 is 12.3 Å². The van der Waals surface area contributed by atoms with Crippen molar-refractivity contribution < 1.29 is 37.0 Å². The van der Waals surface area contributed by atoms with E-state index in [1.165, 1.54) is 11.1 Å². The van der Waals surface area contributed by atoms with E-state index in [1.54, 1.807) is 24.4 Å². The van der Waals surface area contributed by atoms with Crippen LogP contribution in [0.4, 0.5) is 23.8 Å². The first-order valence-corrected chi connectivity index (χ1v) is 18.2. The Kier molecular flexibility index (Phi) is 11.7. The minimum Gasteiger partial charge on any atom is -0.477 e. The average Bonchev–Trinajstić information content (AvgIpc) is 3.58. The van der Waals surface area contributed by atoms with Crippen LogP contribution in [0.2, 0.25) is 5.15 Å². The Morgan fingerprint density at radius 2 is 1.86 bits per heavy atom. The molecule has 2 fully saturated rings. The van der Waals surface area contributed by atoms with Crippen molar-refractivity contribution in [3.8, 4) is 5.88 Å². The Hall–Kier alpha value is -3.27. The molecule has 2 aromatic rings. The summed E-state index contributed by atoms with van der Waals surface area (Å²) in [5.41, 5.74) is 1.55. The molecule has 1 saturated carbocycles. The van der Waals surface area contributed by atoms with Gasteiger partial charge in [0.25, 0.3) is 5.91 Å². The third-order valence-corrected chi connectivity index (χ3v) is 10.2. The molecule has 1 aliphatic carbocycles. The molecule has 3 aliphatic rings. The number of likely N-dealkylation sites (tertiary alicyclic amines) is 1. The lowest BCUT2D eigenvalue weighted by atomic mass is 9.93. The quantitative estimate of drug-likeness (QED) is 0.118. The van der Waals surface area contributed by atoms with Crippen LogP contribution in [0, 0.1) is 18.3 Å². The van der Waals surface area contributed by atoms with E-state index in [1.807, 2.05) is 38.7 Å². The van der Waals surface area contributed by atoms with E-state index in [-0.39, 0.29) is 48.2 Å². The van der Waals surface area contributed by atoms with Gasteiger partial charge in [0.05, 0.1) is 17.6 Å². The highest BCUT2D eigenvalue weighted by atomic mass is 35.5. The number of alkyl halides is 3. The molecule has 2 aliphatic heterocycles. The van der Waals surface area contributed by atoms with E-state index >= 15 is 0 Å². The van der Waals surface area contributed by atoms with Gasteiger partial charge in [-0.15, -0.1) is 0 Å². The van der Waals surface area contributed by atoms with Crippen molar-refractivity contribution in [1.82, 2.24) is 25.0 Å². The van der Waals surface area contributed by atoms with Crippen molar-refractivity contribution in [3.63, 3.8) is 0 Å². The molecule has 16 heteroatoms. The molecule has 4 heterocycles. The van der Waals surface area contributed by atoms with Gasteiger partial charge in [-0.2, -0.15) is 18.6 Å². The maximum atomic E-state index is 13.2. The molecule has 2 aromatic heterocycles. The van der Waals surface area contributed by atoms with Crippen molar-refractivity contribution in [2.24, 2.45) is 11.3 Å². The lowest BCUT2D eigenvalue weighted by Gasteiger charge is -2.33. The Labute approximate surface area is 306 Å². The fourth-order valence-corrected chi connectivity index (χ4v) is 6.97. The fourth-order valence-electron chi connectivity index (χ4n) is 6.17. The standard InChI is InChI=1S/C35H46ClF3N6O5S/c1-22-9-12-27(41-30(22)49-18-7-8-23-20-33(5,6)44(21-23)31(47)50-32(2,3)4)51-43-29(46)24-10-11-25(40-28(24)36)45-17-13-26(42-45)48-19-16-34(14-15-34)35(37,38)39/h9-13,17,23,26,42H,7-8,14-16,18-21H2,1-6H3,(H,43,46). The van der Waals surface area contributed by atoms with Crippen molar-refractivity contribution >= 4 is 41.4 Å². The van der Waals surface area contributed by atoms with Crippen molar-refractivity contribution in [2.75, 3.05) is 24.8 Å². The van der Waals surface area contributed by atoms with Crippen LogP contribution in [-0.4, -0.2) is 70.2 Å². The van der Waals surface area contributed by atoms with Crippen LogP contribution < -0.4 is 19.9 Å². The zero-order valence-electron chi connectivity index (χ0n) is 29.7. The van der Waals surface area contributed by atoms with Gasteiger partial charge in [0.15, 0.2) is 0 Å². The number of hydrogen-bond donors (Lipinski definition) is 2. The number of nitrogens with zero attached hydrogens (tertiary/aromatic N) is 4. The molecular formula is C35H46ClF3N6O5S. The van der Waals surface area contributed by atoms with E-state index in [4.69, 9.17) is 25.8 Å². The summed E-state index contributed by atoms with van der Waals surface area (Å²) < 4.78 is 59.5. The molecule has 2 atom stereocenters. The van der Waals surface area contributed by atoms with Crippen LogP contribution in [0.25, 0.3) is 0 Å². The van der Waals surface area contributed by atoms with E-state index in [0.717, 1.165) is 36.8 Å². The lowest BCUT2D eigenvalue weighted by molar-refractivity contribution is -0.192. The molecule has 11 nitrogen and oxygen atoms in total. The molecule has 0 aromatic carbocycles. The fraction of sp³-hybridized carbons (Fsp3) is 0.600. The van der Waals surface area contributed by atoms with Gasteiger partial charge in [-0.1, -0.05) is 17.7 Å². The van der Waals surface area contributed by atoms with Gasteiger partial charge in [0, 0.05) is 42.4 Å². The molecule has 51 heavy (non-hydrogen) atoms. The zero-order valence-corrected chi connectivity index (χ0v) is 31.3.